The molecule has 22 heavy (non-hydrogen) atoms. The van der Waals surface area contributed by atoms with Gasteiger partial charge in [-0.15, -0.1) is 0 Å². The van der Waals surface area contributed by atoms with Gasteiger partial charge in [-0.3, -0.25) is 4.79 Å². The van der Waals surface area contributed by atoms with Crippen molar-refractivity contribution in [1.29, 1.82) is 0 Å². The highest BCUT2D eigenvalue weighted by Gasteiger charge is 2.15. The molecule has 0 fully saturated rings. The number of ether oxygens (including phenoxy) is 1. The molecule has 0 aliphatic carbocycles. The van der Waals surface area contributed by atoms with Gasteiger partial charge >= 0.3 is 5.97 Å². The Morgan fingerprint density at radius 3 is 2.27 bits per heavy atom. The SMILES string of the molecule is COC(=O)c1ccc(NC(=O)c2cc(Cl)c(Cl)cc2F)cc1. The van der Waals surface area contributed by atoms with E-state index in [2.05, 4.69) is 10.1 Å². The number of hydrogen-bond acceptors (Lipinski definition) is 3. The van der Waals surface area contributed by atoms with Gasteiger partial charge in [0.2, 0.25) is 0 Å². The number of nitrogens with one attached hydrogen (secondary N) is 1. The van der Waals surface area contributed by atoms with Gasteiger partial charge in [0.1, 0.15) is 5.82 Å². The fraction of sp³-hybridized carbons (Fsp3) is 0.0667. The number of benzene rings is 2. The zero-order chi connectivity index (χ0) is 16.3. The van der Waals surface area contributed by atoms with Crippen molar-refractivity contribution in [3.05, 3.63) is 63.4 Å². The molecule has 0 aliphatic rings. The molecular weight excluding hydrogens is 332 g/mol. The zero-order valence-electron chi connectivity index (χ0n) is 11.3. The molecule has 1 amide bonds. The molecule has 114 valence electrons. The van der Waals surface area contributed by atoms with Crippen molar-refractivity contribution >= 4 is 40.8 Å². The van der Waals surface area contributed by atoms with Gasteiger partial charge in [0.25, 0.3) is 5.91 Å². The summed E-state index contributed by atoms with van der Waals surface area (Å²) in [5.41, 5.74) is 0.496. The first kappa shape index (κ1) is 16.3. The predicted octanol–water partition coefficient (Wildman–Crippen LogP) is 4.17. The Morgan fingerprint density at radius 1 is 1.09 bits per heavy atom. The van der Waals surface area contributed by atoms with Crippen LogP contribution in [-0.4, -0.2) is 19.0 Å². The minimum atomic E-state index is -0.780. The fourth-order valence-electron chi connectivity index (χ4n) is 1.70. The molecule has 0 aromatic heterocycles. The summed E-state index contributed by atoms with van der Waals surface area (Å²) in [4.78, 5) is 23.3. The number of anilines is 1. The van der Waals surface area contributed by atoms with Crippen LogP contribution in [0.5, 0.6) is 0 Å². The number of carbonyl (C=O) groups is 2. The van der Waals surface area contributed by atoms with E-state index in [1.165, 1.54) is 31.4 Å². The number of halogens is 3. The molecule has 0 saturated heterocycles. The number of amides is 1. The van der Waals surface area contributed by atoms with Crippen LogP contribution in [0.1, 0.15) is 20.7 Å². The maximum atomic E-state index is 13.7. The third-order valence-electron chi connectivity index (χ3n) is 2.82. The van der Waals surface area contributed by atoms with Gasteiger partial charge in [-0.25, -0.2) is 9.18 Å². The molecule has 0 aliphatic heterocycles. The second-order valence-corrected chi connectivity index (χ2v) is 5.08. The molecule has 0 radical (unpaired) electrons. The molecule has 2 rings (SSSR count). The Labute approximate surface area is 135 Å². The second-order valence-electron chi connectivity index (χ2n) is 4.27. The van der Waals surface area contributed by atoms with Crippen LogP contribution in [0, 0.1) is 5.82 Å². The van der Waals surface area contributed by atoms with Crippen LogP contribution in [0.3, 0.4) is 0 Å². The Morgan fingerprint density at radius 2 is 1.68 bits per heavy atom. The number of rotatable bonds is 3. The molecule has 0 unspecified atom stereocenters. The highest BCUT2D eigenvalue weighted by atomic mass is 35.5. The van der Waals surface area contributed by atoms with Crippen LogP contribution in [0.2, 0.25) is 10.0 Å². The Hall–Kier alpha value is -2.11. The minimum absolute atomic E-state index is 0.0261. The van der Waals surface area contributed by atoms with E-state index in [-0.39, 0.29) is 15.6 Å². The Balaban J connectivity index is 2.19. The van der Waals surface area contributed by atoms with Gasteiger partial charge < -0.3 is 10.1 Å². The standard InChI is InChI=1S/C15H10Cl2FNO3/c1-22-15(21)8-2-4-9(5-3-8)19-14(20)10-6-11(16)12(17)7-13(10)18/h2-7H,1H3,(H,19,20). The summed E-state index contributed by atoms with van der Waals surface area (Å²) in [5.74, 6) is -1.95. The van der Waals surface area contributed by atoms with E-state index in [0.29, 0.717) is 11.3 Å². The van der Waals surface area contributed by atoms with Crippen molar-refractivity contribution < 1.29 is 18.7 Å². The summed E-state index contributed by atoms with van der Waals surface area (Å²) in [7, 11) is 1.27. The first-order valence-corrected chi connectivity index (χ1v) is 6.82. The summed E-state index contributed by atoms with van der Waals surface area (Å²) < 4.78 is 18.3. The Bertz CT molecular complexity index is 732. The molecule has 1 N–H and O–H groups in total. The first-order valence-electron chi connectivity index (χ1n) is 6.06. The van der Waals surface area contributed by atoms with Crippen LogP contribution in [0.25, 0.3) is 0 Å². The van der Waals surface area contributed by atoms with Gasteiger partial charge in [-0.1, -0.05) is 23.2 Å². The van der Waals surface area contributed by atoms with Crippen LogP contribution >= 0.6 is 23.2 Å². The zero-order valence-corrected chi connectivity index (χ0v) is 12.8. The van der Waals surface area contributed by atoms with E-state index in [1.807, 2.05) is 0 Å². The second kappa shape index (κ2) is 6.77. The Kier molecular flexibility index (Phi) is 5.00. The van der Waals surface area contributed by atoms with Gasteiger partial charge in [0, 0.05) is 5.69 Å². The number of carbonyl (C=O) groups excluding carboxylic acids is 2. The summed E-state index contributed by atoms with van der Waals surface area (Å²) in [6.45, 7) is 0. The molecule has 7 heteroatoms. The van der Waals surface area contributed by atoms with E-state index in [0.717, 1.165) is 12.1 Å². The molecule has 0 bridgehead atoms. The van der Waals surface area contributed by atoms with Crippen LogP contribution in [0.4, 0.5) is 10.1 Å². The average Bonchev–Trinajstić information content (AvgIpc) is 2.50. The van der Waals surface area contributed by atoms with E-state index in [4.69, 9.17) is 23.2 Å². The highest BCUT2D eigenvalue weighted by molar-refractivity contribution is 6.42. The van der Waals surface area contributed by atoms with E-state index >= 15 is 0 Å². The predicted molar refractivity (Wildman–Crippen MR) is 82.2 cm³/mol. The monoisotopic (exact) mass is 341 g/mol. The van der Waals surface area contributed by atoms with Gasteiger partial charge in [-0.2, -0.15) is 0 Å². The van der Waals surface area contributed by atoms with E-state index < -0.39 is 17.7 Å². The molecule has 4 nitrogen and oxygen atoms in total. The summed E-state index contributed by atoms with van der Waals surface area (Å²) in [6, 6.07) is 8.08. The summed E-state index contributed by atoms with van der Waals surface area (Å²) >= 11 is 11.4. The van der Waals surface area contributed by atoms with Crippen molar-refractivity contribution in [3.63, 3.8) is 0 Å². The summed E-state index contributed by atoms with van der Waals surface area (Å²) in [6.07, 6.45) is 0. The third-order valence-corrected chi connectivity index (χ3v) is 3.54. The molecule has 0 atom stereocenters. The third kappa shape index (κ3) is 3.55. The van der Waals surface area contributed by atoms with Crippen molar-refractivity contribution in [2.45, 2.75) is 0 Å². The molecule has 2 aromatic carbocycles. The number of esters is 1. The highest BCUT2D eigenvalue weighted by Crippen LogP contribution is 2.25. The van der Waals surface area contributed by atoms with Gasteiger partial charge in [-0.05, 0) is 36.4 Å². The maximum Gasteiger partial charge on any atom is 0.337 e. The minimum Gasteiger partial charge on any atom is -0.465 e. The van der Waals surface area contributed by atoms with Crippen LogP contribution in [0.15, 0.2) is 36.4 Å². The summed E-state index contributed by atoms with van der Waals surface area (Å²) in [5, 5.41) is 2.60. The normalized spacial score (nSPS) is 10.2. The largest absolute Gasteiger partial charge is 0.465 e. The van der Waals surface area contributed by atoms with Crippen LogP contribution in [-0.2, 0) is 4.74 Å². The van der Waals surface area contributed by atoms with E-state index in [9.17, 15) is 14.0 Å². The lowest BCUT2D eigenvalue weighted by molar-refractivity contribution is 0.0600. The fourth-order valence-corrected chi connectivity index (χ4v) is 2.02. The van der Waals surface area contributed by atoms with Crippen molar-refractivity contribution in [2.24, 2.45) is 0 Å². The van der Waals surface area contributed by atoms with Crippen molar-refractivity contribution in [3.8, 4) is 0 Å². The number of methoxy groups -OCH3 is 1. The lowest BCUT2D eigenvalue weighted by Crippen LogP contribution is -2.14. The maximum absolute atomic E-state index is 13.7. The molecular formula is C15H10Cl2FNO3. The smallest absolute Gasteiger partial charge is 0.337 e. The first-order chi connectivity index (χ1) is 10.4. The van der Waals surface area contributed by atoms with Gasteiger partial charge in [0.15, 0.2) is 0 Å². The van der Waals surface area contributed by atoms with E-state index in [1.54, 1.807) is 0 Å². The molecule has 0 saturated carbocycles. The molecule has 2 aromatic rings. The van der Waals surface area contributed by atoms with Crippen LogP contribution < -0.4 is 5.32 Å². The lowest BCUT2D eigenvalue weighted by atomic mass is 10.1. The quantitative estimate of drug-likeness (QED) is 0.673. The average molecular weight is 342 g/mol. The van der Waals surface area contributed by atoms with Crippen molar-refractivity contribution in [1.82, 2.24) is 0 Å². The topological polar surface area (TPSA) is 55.4 Å². The van der Waals surface area contributed by atoms with Crippen molar-refractivity contribution in [2.75, 3.05) is 12.4 Å². The van der Waals surface area contributed by atoms with Gasteiger partial charge in [0.05, 0.1) is 28.3 Å². The molecule has 0 spiro atoms. The number of hydrogen-bond donors (Lipinski definition) is 1. The molecule has 0 heterocycles. The lowest BCUT2D eigenvalue weighted by Gasteiger charge is -2.08.